The van der Waals surface area contributed by atoms with E-state index >= 15 is 0 Å². The van der Waals surface area contributed by atoms with E-state index in [1.54, 1.807) is 24.3 Å². The fourth-order valence-electron chi connectivity index (χ4n) is 3.94. The molecule has 0 spiro atoms. The molecule has 5 rings (SSSR count). The normalized spacial score (nSPS) is 10.9. The van der Waals surface area contributed by atoms with Crippen LogP contribution in [0.2, 0.25) is 0 Å². The number of carboxylic acid groups (broad SMARTS) is 1. The number of pyridine rings is 2. The SMILES string of the molecule is O=C(O)c1nc(-c2cnccn2)c2c(cc(-c3ccccc3)c(=O)n2Cc2ccccc2)c1O. The van der Waals surface area contributed by atoms with Crippen molar-refractivity contribution in [1.29, 1.82) is 0 Å². The maximum atomic E-state index is 13.8. The Kier molecular flexibility index (Phi) is 5.31. The summed E-state index contributed by atoms with van der Waals surface area (Å²) in [5.41, 5.74) is 1.68. The lowest BCUT2D eigenvalue weighted by atomic mass is 10.0. The third-order valence-electron chi connectivity index (χ3n) is 5.49. The maximum absolute atomic E-state index is 13.8. The number of rotatable bonds is 5. The first kappa shape index (κ1) is 21.0. The first-order valence-corrected chi connectivity index (χ1v) is 10.4. The highest BCUT2D eigenvalue weighted by molar-refractivity contribution is 6.03. The van der Waals surface area contributed by atoms with E-state index in [2.05, 4.69) is 15.0 Å². The summed E-state index contributed by atoms with van der Waals surface area (Å²) < 4.78 is 1.50. The highest BCUT2D eigenvalue weighted by Crippen LogP contribution is 2.35. The molecule has 0 aliphatic rings. The first-order valence-electron chi connectivity index (χ1n) is 10.4. The van der Waals surface area contributed by atoms with Crippen molar-refractivity contribution in [3.05, 3.63) is 107 Å². The molecule has 5 aromatic rings. The van der Waals surface area contributed by atoms with Crippen LogP contribution >= 0.6 is 0 Å². The first-order chi connectivity index (χ1) is 16.5. The van der Waals surface area contributed by atoms with E-state index in [0.29, 0.717) is 11.1 Å². The van der Waals surface area contributed by atoms with Crippen LogP contribution in [0.15, 0.2) is 90.1 Å². The molecule has 0 unspecified atom stereocenters. The Morgan fingerprint density at radius 1 is 0.971 bits per heavy atom. The zero-order chi connectivity index (χ0) is 23.7. The summed E-state index contributed by atoms with van der Waals surface area (Å²) in [5, 5.41) is 20.8. The quantitative estimate of drug-likeness (QED) is 0.416. The third-order valence-corrected chi connectivity index (χ3v) is 5.49. The van der Waals surface area contributed by atoms with Crippen molar-refractivity contribution in [2.45, 2.75) is 6.54 Å². The van der Waals surface area contributed by atoms with Crippen molar-refractivity contribution >= 4 is 16.9 Å². The predicted octanol–water partition coefficient (Wildman–Crippen LogP) is 3.97. The largest absolute Gasteiger partial charge is 0.505 e. The standard InChI is InChI=1S/C26H18N4O4/c31-24-19-13-18(17-9-5-2-6-10-17)25(32)30(15-16-7-3-1-4-8-16)23(19)21(29-22(24)26(33)34)20-14-27-11-12-28-20/h1-14,31H,15H2,(H,33,34). The van der Waals surface area contributed by atoms with E-state index in [4.69, 9.17) is 0 Å². The molecular weight excluding hydrogens is 432 g/mol. The van der Waals surface area contributed by atoms with Crippen LogP contribution in [0.25, 0.3) is 33.4 Å². The van der Waals surface area contributed by atoms with Gasteiger partial charge < -0.3 is 14.8 Å². The minimum absolute atomic E-state index is 0.144. The lowest BCUT2D eigenvalue weighted by Gasteiger charge is -2.17. The Hall–Kier alpha value is -4.85. The molecule has 3 heterocycles. The van der Waals surface area contributed by atoms with Gasteiger partial charge in [-0.15, -0.1) is 0 Å². The van der Waals surface area contributed by atoms with Crippen LogP contribution in [0, 0.1) is 0 Å². The molecule has 0 saturated carbocycles. The van der Waals surface area contributed by atoms with Crippen LogP contribution in [0.3, 0.4) is 0 Å². The number of nitrogens with zero attached hydrogens (tertiary/aromatic N) is 4. The minimum atomic E-state index is -1.40. The second kappa shape index (κ2) is 8.59. The molecule has 3 aromatic heterocycles. The molecule has 0 amide bonds. The molecule has 166 valence electrons. The van der Waals surface area contributed by atoms with Crippen LogP contribution in [-0.4, -0.2) is 35.7 Å². The molecule has 2 aromatic carbocycles. The number of fused-ring (bicyclic) bond motifs is 1. The molecule has 0 atom stereocenters. The lowest BCUT2D eigenvalue weighted by Crippen LogP contribution is -2.24. The number of benzene rings is 2. The van der Waals surface area contributed by atoms with Gasteiger partial charge in [0.1, 0.15) is 11.4 Å². The number of hydrogen-bond acceptors (Lipinski definition) is 6. The lowest BCUT2D eigenvalue weighted by molar-refractivity contribution is 0.0687. The van der Waals surface area contributed by atoms with Gasteiger partial charge in [-0.05, 0) is 17.2 Å². The smallest absolute Gasteiger partial charge is 0.358 e. The molecule has 0 radical (unpaired) electrons. The monoisotopic (exact) mass is 450 g/mol. The molecule has 0 fully saturated rings. The number of hydrogen-bond donors (Lipinski definition) is 2. The predicted molar refractivity (Wildman–Crippen MR) is 127 cm³/mol. The number of aromatic nitrogens is 4. The van der Waals surface area contributed by atoms with Gasteiger partial charge in [0, 0.05) is 23.3 Å². The summed E-state index contributed by atoms with van der Waals surface area (Å²) in [6.07, 6.45) is 4.37. The highest BCUT2D eigenvalue weighted by atomic mass is 16.4. The van der Waals surface area contributed by atoms with Crippen molar-refractivity contribution in [3.8, 4) is 28.3 Å². The van der Waals surface area contributed by atoms with E-state index in [-0.39, 0.29) is 34.4 Å². The molecule has 34 heavy (non-hydrogen) atoms. The van der Waals surface area contributed by atoms with Crippen molar-refractivity contribution in [2.24, 2.45) is 0 Å². The zero-order valence-electron chi connectivity index (χ0n) is 17.8. The average Bonchev–Trinajstić information content (AvgIpc) is 2.87. The molecular formula is C26H18N4O4. The van der Waals surface area contributed by atoms with E-state index in [1.807, 2.05) is 36.4 Å². The van der Waals surface area contributed by atoms with Crippen molar-refractivity contribution in [2.75, 3.05) is 0 Å². The van der Waals surface area contributed by atoms with Crippen molar-refractivity contribution in [3.63, 3.8) is 0 Å². The number of aromatic carboxylic acids is 1. The van der Waals surface area contributed by atoms with Gasteiger partial charge in [0.15, 0.2) is 11.4 Å². The highest BCUT2D eigenvalue weighted by Gasteiger charge is 2.24. The summed E-state index contributed by atoms with van der Waals surface area (Å²) >= 11 is 0. The van der Waals surface area contributed by atoms with E-state index in [1.165, 1.54) is 29.2 Å². The maximum Gasteiger partial charge on any atom is 0.358 e. The van der Waals surface area contributed by atoms with Gasteiger partial charge in [0.25, 0.3) is 5.56 Å². The average molecular weight is 450 g/mol. The Balaban J connectivity index is 1.94. The fourth-order valence-corrected chi connectivity index (χ4v) is 3.94. The summed E-state index contributed by atoms with van der Waals surface area (Å²) in [6.45, 7) is 0.178. The van der Waals surface area contributed by atoms with Crippen LogP contribution in [0.1, 0.15) is 16.1 Å². The van der Waals surface area contributed by atoms with E-state index in [9.17, 15) is 19.8 Å². The molecule has 8 heteroatoms. The van der Waals surface area contributed by atoms with Crippen molar-refractivity contribution < 1.29 is 15.0 Å². The molecule has 0 aliphatic carbocycles. The molecule has 8 nitrogen and oxygen atoms in total. The number of aromatic hydroxyl groups is 1. The Morgan fingerprint density at radius 2 is 1.68 bits per heavy atom. The molecule has 2 N–H and O–H groups in total. The van der Waals surface area contributed by atoms with Gasteiger partial charge in [-0.25, -0.2) is 9.78 Å². The third kappa shape index (κ3) is 3.67. The molecule has 0 bridgehead atoms. The Labute approximate surface area is 193 Å². The summed E-state index contributed by atoms with van der Waals surface area (Å²) in [7, 11) is 0. The van der Waals surface area contributed by atoms with Crippen LogP contribution < -0.4 is 5.56 Å². The van der Waals surface area contributed by atoms with Gasteiger partial charge in [-0.3, -0.25) is 14.8 Å². The van der Waals surface area contributed by atoms with Crippen LogP contribution in [-0.2, 0) is 6.54 Å². The number of carbonyl (C=O) groups is 1. The minimum Gasteiger partial charge on any atom is -0.505 e. The second-order valence-corrected chi connectivity index (χ2v) is 7.62. The van der Waals surface area contributed by atoms with Crippen LogP contribution in [0.4, 0.5) is 0 Å². The summed E-state index contributed by atoms with van der Waals surface area (Å²) in [5.74, 6) is -1.92. The van der Waals surface area contributed by atoms with Gasteiger partial charge in [0.05, 0.1) is 18.3 Å². The Bertz CT molecular complexity index is 1570. The summed E-state index contributed by atoms with van der Waals surface area (Å²) in [4.78, 5) is 38.3. The summed E-state index contributed by atoms with van der Waals surface area (Å²) in [6, 6.07) is 19.9. The van der Waals surface area contributed by atoms with Gasteiger partial charge in [-0.2, -0.15) is 0 Å². The van der Waals surface area contributed by atoms with Gasteiger partial charge in [-0.1, -0.05) is 60.7 Å². The zero-order valence-corrected chi connectivity index (χ0v) is 17.8. The van der Waals surface area contributed by atoms with Crippen molar-refractivity contribution in [1.82, 2.24) is 19.5 Å². The fraction of sp³-hybridized carbons (Fsp3) is 0.0385. The number of carboxylic acids is 1. The Morgan fingerprint density at radius 3 is 2.32 bits per heavy atom. The second-order valence-electron chi connectivity index (χ2n) is 7.62. The topological polar surface area (TPSA) is 118 Å². The van der Waals surface area contributed by atoms with Gasteiger partial charge in [0.2, 0.25) is 0 Å². The molecule has 0 saturated heterocycles. The van der Waals surface area contributed by atoms with Crippen LogP contribution in [0.5, 0.6) is 5.75 Å². The van der Waals surface area contributed by atoms with E-state index in [0.717, 1.165) is 5.56 Å². The van der Waals surface area contributed by atoms with Gasteiger partial charge >= 0.3 is 5.97 Å². The van der Waals surface area contributed by atoms with E-state index < -0.39 is 17.4 Å². The molecule has 0 aliphatic heterocycles.